The Hall–Kier alpha value is -1.21. The average Bonchev–Trinajstić information content (AvgIpc) is 3.09. The van der Waals surface area contributed by atoms with Gasteiger partial charge in [-0.1, -0.05) is 11.8 Å². The highest BCUT2D eigenvalue weighted by molar-refractivity contribution is 8.00. The first kappa shape index (κ1) is 23.5. The van der Waals surface area contributed by atoms with Crippen LogP contribution in [0.4, 0.5) is 0 Å². The van der Waals surface area contributed by atoms with Crippen molar-refractivity contribution in [2.45, 2.75) is 41.5 Å². The smallest absolute Gasteiger partial charge is 0.244 e. The maximum Gasteiger partial charge on any atom is 0.244 e. The monoisotopic (exact) mass is 477 g/mol. The molecule has 0 N–H and O–H groups in total. The van der Waals surface area contributed by atoms with E-state index in [2.05, 4.69) is 4.98 Å². The first-order valence-electron chi connectivity index (χ1n) is 9.85. The summed E-state index contributed by atoms with van der Waals surface area (Å²) in [5.41, 5.74) is 0. The topological polar surface area (TPSA) is 114 Å². The number of hydrogen-bond donors (Lipinski definition) is 0. The number of carbonyl (C=O) groups is 1. The van der Waals surface area contributed by atoms with Crippen LogP contribution in [0.25, 0.3) is 0 Å². The van der Waals surface area contributed by atoms with Crippen molar-refractivity contribution >= 4 is 37.5 Å². The van der Waals surface area contributed by atoms with E-state index in [4.69, 9.17) is 4.74 Å². The largest absolute Gasteiger partial charge is 0.379 e. The number of carbonyl (C=O) groups excluding carboxylic acids is 1. The summed E-state index contributed by atoms with van der Waals surface area (Å²) >= 11 is 1.23. The number of amides is 1. The minimum atomic E-state index is -3.61. The Morgan fingerprint density at radius 3 is 2.60 bits per heavy atom. The van der Waals surface area contributed by atoms with Crippen LogP contribution in [-0.2, 0) is 29.4 Å². The summed E-state index contributed by atoms with van der Waals surface area (Å²) in [4.78, 5) is 18.8. The van der Waals surface area contributed by atoms with Crippen LogP contribution in [0, 0.1) is 0 Å². The van der Waals surface area contributed by atoms with Crippen LogP contribution < -0.4 is 0 Å². The van der Waals surface area contributed by atoms with Gasteiger partial charge in [0.1, 0.15) is 4.90 Å². The number of nitrogens with zero attached hydrogens (tertiary/aromatic N) is 3. The van der Waals surface area contributed by atoms with Gasteiger partial charge in [0.25, 0.3) is 0 Å². The molecular formula is C18H27N3O6S3. The van der Waals surface area contributed by atoms with Gasteiger partial charge >= 0.3 is 0 Å². The number of rotatable bonds is 7. The Balaban J connectivity index is 1.65. The van der Waals surface area contributed by atoms with Crippen LogP contribution >= 0.6 is 11.8 Å². The van der Waals surface area contributed by atoms with Crippen LogP contribution in [0.15, 0.2) is 28.3 Å². The van der Waals surface area contributed by atoms with E-state index in [1.807, 2.05) is 6.92 Å². The first-order chi connectivity index (χ1) is 14.1. The van der Waals surface area contributed by atoms with E-state index < -0.39 is 25.1 Å². The molecule has 30 heavy (non-hydrogen) atoms. The molecule has 0 spiro atoms. The molecule has 2 aliphatic heterocycles. The molecule has 0 bridgehead atoms. The maximum absolute atomic E-state index is 12.9. The van der Waals surface area contributed by atoms with Gasteiger partial charge < -0.3 is 9.64 Å². The molecule has 3 heterocycles. The Kier molecular flexibility index (Phi) is 7.44. The number of sulfone groups is 1. The van der Waals surface area contributed by atoms with Gasteiger partial charge in [-0.05, 0) is 32.4 Å². The minimum Gasteiger partial charge on any atom is -0.379 e. The van der Waals surface area contributed by atoms with Crippen LogP contribution in [0.3, 0.4) is 0 Å². The zero-order valence-corrected chi connectivity index (χ0v) is 19.5. The summed E-state index contributed by atoms with van der Waals surface area (Å²) in [6.07, 6.45) is 1.77. The SMILES string of the molecule is CCN(C(=O)[C@H](C)Sc1ccc(S(=O)(=O)N2CCOCC2)cn1)[C@H]1CCS(=O)(=O)C1. The van der Waals surface area contributed by atoms with Crippen molar-refractivity contribution in [1.29, 1.82) is 0 Å². The van der Waals surface area contributed by atoms with E-state index in [0.29, 0.717) is 44.3 Å². The number of hydrogen-bond acceptors (Lipinski definition) is 8. The lowest BCUT2D eigenvalue weighted by Gasteiger charge is -2.29. The zero-order valence-electron chi connectivity index (χ0n) is 17.1. The van der Waals surface area contributed by atoms with Gasteiger partial charge in [0, 0.05) is 31.9 Å². The summed E-state index contributed by atoms with van der Waals surface area (Å²) in [7, 11) is -6.69. The lowest BCUT2D eigenvalue weighted by atomic mass is 10.2. The fourth-order valence-corrected chi connectivity index (χ4v) is 7.55. The molecule has 0 unspecified atom stereocenters. The predicted molar refractivity (Wildman–Crippen MR) is 114 cm³/mol. The first-order valence-corrected chi connectivity index (χ1v) is 14.0. The summed E-state index contributed by atoms with van der Waals surface area (Å²) in [6.45, 7) is 5.39. The van der Waals surface area contributed by atoms with E-state index in [1.165, 1.54) is 28.3 Å². The van der Waals surface area contributed by atoms with Crippen LogP contribution in [-0.4, -0.2) is 92.6 Å². The molecule has 0 saturated carbocycles. The van der Waals surface area contributed by atoms with Crippen molar-refractivity contribution < 1.29 is 26.4 Å². The molecule has 0 radical (unpaired) electrons. The van der Waals surface area contributed by atoms with Crippen molar-refractivity contribution in [3.63, 3.8) is 0 Å². The number of aromatic nitrogens is 1. The third-order valence-corrected chi connectivity index (χ3v) is 9.91. The molecule has 3 rings (SSSR count). The maximum atomic E-state index is 12.9. The normalized spacial score (nSPS) is 23.2. The second-order valence-electron chi connectivity index (χ2n) is 7.29. The molecule has 12 heteroatoms. The van der Waals surface area contributed by atoms with E-state index in [-0.39, 0.29) is 28.4 Å². The molecule has 2 atom stereocenters. The quantitative estimate of drug-likeness (QED) is 0.525. The van der Waals surface area contributed by atoms with Gasteiger partial charge in [0.2, 0.25) is 15.9 Å². The van der Waals surface area contributed by atoms with Gasteiger partial charge in [-0.25, -0.2) is 21.8 Å². The van der Waals surface area contributed by atoms with Gasteiger partial charge in [-0.15, -0.1) is 0 Å². The van der Waals surface area contributed by atoms with E-state index in [0.717, 1.165) is 0 Å². The highest BCUT2D eigenvalue weighted by Gasteiger charge is 2.35. The van der Waals surface area contributed by atoms with Gasteiger partial charge in [-0.3, -0.25) is 4.79 Å². The number of morpholine rings is 1. The molecular weight excluding hydrogens is 450 g/mol. The van der Waals surface area contributed by atoms with Crippen LogP contribution in [0.1, 0.15) is 20.3 Å². The lowest BCUT2D eigenvalue weighted by molar-refractivity contribution is -0.131. The summed E-state index contributed by atoms with van der Waals surface area (Å²) in [5, 5.41) is 0.0642. The Morgan fingerprint density at radius 2 is 2.07 bits per heavy atom. The number of sulfonamides is 1. The van der Waals surface area contributed by atoms with Crippen molar-refractivity contribution in [2.75, 3.05) is 44.4 Å². The summed E-state index contributed by atoms with van der Waals surface area (Å²) in [6, 6.07) is 2.81. The fraction of sp³-hybridized carbons (Fsp3) is 0.667. The molecule has 9 nitrogen and oxygen atoms in total. The van der Waals surface area contributed by atoms with Crippen molar-refractivity contribution in [3.05, 3.63) is 18.3 Å². The van der Waals surface area contributed by atoms with E-state index >= 15 is 0 Å². The molecule has 2 saturated heterocycles. The highest BCUT2D eigenvalue weighted by atomic mass is 32.2. The second kappa shape index (κ2) is 9.51. The van der Waals surface area contributed by atoms with E-state index in [1.54, 1.807) is 17.9 Å². The molecule has 1 aromatic heterocycles. The average molecular weight is 478 g/mol. The van der Waals surface area contributed by atoms with Gasteiger partial charge in [0.05, 0.1) is 35.0 Å². The predicted octanol–water partition coefficient (Wildman–Crippen LogP) is 0.619. The van der Waals surface area contributed by atoms with Crippen molar-refractivity contribution in [3.8, 4) is 0 Å². The lowest BCUT2D eigenvalue weighted by Crippen LogP contribution is -2.44. The molecule has 0 aromatic carbocycles. The fourth-order valence-electron chi connectivity index (χ4n) is 3.61. The zero-order chi connectivity index (χ0) is 21.9. The third kappa shape index (κ3) is 5.34. The van der Waals surface area contributed by atoms with Crippen LogP contribution in [0.2, 0.25) is 0 Å². The number of ether oxygens (including phenoxy) is 1. The summed E-state index contributed by atoms with van der Waals surface area (Å²) in [5.74, 6) is -0.0173. The molecule has 2 aliphatic rings. The Labute approximate surface area is 182 Å². The minimum absolute atomic E-state index is 0.0102. The third-order valence-electron chi connectivity index (χ3n) is 5.24. The van der Waals surface area contributed by atoms with Gasteiger partial charge in [0.15, 0.2) is 9.84 Å². The summed E-state index contributed by atoms with van der Waals surface area (Å²) < 4.78 is 55.4. The molecule has 2 fully saturated rings. The van der Waals surface area contributed by atoms with Crippen molar-refractivity contribution in [2.24, 2.45) is 0 Å². The highest BCUT2D eigenvalue weighted by Crippen LogP contribution is 2.27. The van der Waals surface area contributed by atoms with Crippen LogP contribution in [0.5, 0.6) is 0 Å². The number of pyridine rings is 1. The van der Waals surface area contributed by atoms with E-state index in [9.17, 15) is 21.6 Å². The number of thioether (sulfide) groups is 1. The second-order valence-corrected chi connectivity index (χ2v) is 12.8. The van der Waals surface area contributed by atoms with Crippen molar-refractivity contribution in [1.82, 2.24) is 14.2 Å². The molecule has 0 aliphatic carbocycles. The molecule has 168 valence electrons. The standard InChI is InChI=1S/C18H27N3O6S3/c1-3-21(15-6-11-29(23,24)13-15)18(22)14(2)28-17-5-4-16(12-19-17)30(25,26)20-7-9-27-10-8-20/h4-5,12,14-15H,3,6-11,13H2,1-2H3/t14-,15-/m0/s1. The molecule has 1 amide bonds. The van der Waals surface area contributed by atoms with Gasteiger partial charge in [-0.2, -0.15) is 4.31 Å². The molecule has 1 aromatic rings. The Morgan fingerprint density at radius 1 is 1.37 bits per heavy atom. The Bertz CT molecular complexity index is 959.